The van der Waals surface area contributed by atoms with Crippen molar-refractivity contribution in [3.63, 3.8) is 0 Å². The first-order valence-electron chi connectivity index (χ1n) is 8.09. The van der Waals surface area contributed by atoms with Crippen molar-refractivity contribution in [2.75, 3.05) is 7.11 Å². The first-order valence-corrected chi connectivity index (χ1v) is 8.09. The molecule has 0 spiro atoms. The van der Waals surface area contributed by atoms with Crippen LogP contribution in [0.1, 0.15) is 75.3 Å². The van der Waals surface area contributed by atoms with Crippen molar-refractivity contribution < 1.29 is 4.74 Å². The van der Waals surface area contributed by atoms with Crippen LogP contribution in [-0.2, 0) is 4.74 Å². The smallest absolute Gasteiger partial charge is 0.0922 e. The lowest BCUT2D eigenvalue weighted by Crippen LogP contribution is -1.96. The molecule has 0 heterocycles. The van der Waals surface area contributed by atoms with Crippen molar-refractivity contribution in [1.29, 1.82) is 0 Å². The Morgan fingerprint density at radius 3 is 2.55 bits per heavy atom. The summed E-state index contributed by atoms with van der Waals surface area (Å²) in [5, 5.41) is 0. The van der Waals surface area contributed by atoms with E-state index in [0.717, 1.165) is 12.2 Å². The van der Waals surface area contributed by atoms with E-state index in [4.69, 9.17) is 4.74 Å². The number of ether oxygens (including phenoxy) is 1. The van der Waals surface area contributed by atoms with Gasteiger partial charge in [-0.1, -0.05) is 57.4 Å². The van der Waals surface area contributed by atoms with Gasteiger partial charge >= 0.3 is 0 Å². The Morgan fingerprint density at radius 2 is 1.95 bits per heavy atom. The minimum absolute atomic E-state index is 0.550. The zero-order chi connectivity index (χ0) is 14.4. The van der Waals surface area contributed by atoms with E-state index in [-0.39, 0.29) is 0 Å². The van der Waals surface area contributed by atoms with E-state index < -0.39 is 0 Å². The molecule has 1 heteroatoms. The van der Waals surface area contributed by atoms with E-state index in [0.29, 0.717) is 11.8 Å². The van der Waals surface area contributed by atoms with Gasteiger partial charge in [0.25, 0.3) is 0 Å². The SMILES string of the molecule is CCCCCC(C)c1ccc(C2C=C(OC)CC2)cc1. The average molecular weight is 272 g/mol. The zero-order valence-electron chi connectivity index (χ0n) is 13.2. The van der Waals surface area contributed by atoms with E-state index in [2.05, 4.69) is 44.2 Å². The summed E-state index contributed by atoms with van der Waals surface area (Å²) < 4.78 is 5.34. The van der Waals surface area contributed by atoms with Gasteiger partial charge in [-0.15, -0.1) is 0 Å². The zero-order valence-corrected chi connectivity index (χ0v) is 13.2. The van der Waals surface area contributed by atoms with E-state index in [9.17, 15) is 0 Å². The van der Waals surface area contributed by atoms with Crippen molar-refractivity contribution in [3.05, 3.63) is 47.2 Å². The predicted octanol–water partition coefficient (Wildman–Crippen LogP) is 5.78. The molecule has 0 N–H and O–H groups in total. The molecule has 1 aliphatic carbocycles. The summed E-state index contributed by atoms with van der Waals surface area (Å²) in [6.45, 7) is 4.62. The van der Waals surface area contributed by atoms with Crippen molar-refractivity contribution >= 4 is 0 Å². The summed E-state index contributed by atoms with van der Waals surface area (Å²) in [5.41, 5.74) is 2.92. The number of hydrogen-bond donors (Lipinski definition) is 0. The van der Waals surface area contributed by atoms with Gasteiger partial charge in [-0.3, -0.25) is 0 Å². The van der Waals surface area contributed by atoms with Crippen LogP contribution in [0.15, 0.2) is 36.1 Å². The van der Waals surface area contributed by atoms with Crippen LogP contribution in [0.3, 0.4) is 0 Å². The van der Waals surface area contributed by atoms with Gasteiger partial charge in [0.05, 0.1) is 12.9 Å². The molecule has 0 saturated heterocycles. The lowest BCUT2D eigenvalue weighted by atomic mass is 9.91. The van der Waals surface area contributed by atoms with Gasteiger partial charge in [-0.2, -0.15) is 0 Å². The van der Waals surface area contributed by atoms with Crippen molar-refractivity contribution in [2.24, 2.45) is 0 Å². The third kappa shape index (κ3) is 3.88. The number of hydrogen-bond acceptors (Lipinski definition) is 1. The van der Waals surface area contributed by atoms with Gasteiger partial charge < -0.3 is 4.74 Å². The van der Waals surface area contributed by atoms with Crippen LogP contribution in [0.5, 0.6) is 0 Å². The molecule has 0 aliphatic heterocycles. The minimum atomic E-state index is 0.550. The number of allylic oxidation sites excluding steroid dienone is 2. The Bertz CT molecular complexity index is 430. The van der Waals surface area contributed by atoms with Crippen molar-refractivity contribution in [2.45, 2.75) is 64.2 Å². The highest BCUT2D eigenvalue weighted by molar-refractivity contribution is 5.31. The minimum Gasteiger partial charge on any atom is -0.501 e. The second-order valence-corrected chi connectivity index (χ2v) is 6.05. The molecule has 110 valence electrons. The predicted molar refractivity (Wildman–Crippen MR) is 86.1 cm³/mol. The third-order valence-corrected chi connectivity index (χ3v) is 4.53. The quantitative estimate of drug-likeness (QED) is 0.572. The maximum absolute atomic E-state index is 5.34. The molecule has 1 aromatic rings. The first-order chi connectivity index (χ1) is 9.74. The second kappa shape index (κ2) is 7.52. The highest BCUT2D eigenvalue weighted by atomic mass is 16.5. The molecule has 1 aromatic carbocycles. The normalized spacial score (nSPS) is 19.8. The Kier molecular flexibility index (Phi) is 5.70. The van der Waals surface area contributed by atoms with Crippen LogP contribution in [-0.4, -0.2) is 7.11 Å². The molecule has 0 aromatic heterocycles. The molecule has 1 aliphatic rings. The topological polar surface area (TPSA) is 9.23 Å². The maximum Gasteiger partial charge on any atom is 0.0922 e. The molecule has 0 radical (unpaired) electrons. The largest absolute Gasteiger partial charge is 0.501 e. The molecular formula is C19H28O. The van der Waals surface area contributed by atoms with Crippen LogP contribution in [0.2, 0.25) is 0 Å². The molecule has 0 saturated carbocycles. The Morgan fingerprint density at radius 1 is 1.20 bits per heavy atom. The van der Waals surface area contributed by atoms with E-state index >= 15 is 0 Å². The second-order valence-electron chi connectivity index (χ2n) is 6.05. The fraction of sp³-hybridized carbons (Fsp3) is 0.579. The highest BCUT2D eigenvalue weighted by Crippen LogP contribution is 2.33. The van der Waals surface area contributed by atoms with Crippen molar-refractivity contribution in [3.8, 4) is 0 Å². The molecule has 2 atom stereocenters. The number of methoxy groups -OCH3 is 1. The fourth-order valence-corrected chi connectivity index (χ4v) is 3.06. The van der Waals surface area contributed by atoms with Gasteiger partial charge in [-0.05, 0) is 36.0 Å². The molecule has 0 fully saturated rings. The van der Waals surface area contributed by atoms with Crippen LogP contribution in [0, 0.1) is 0 Å². The molecule has 20 heavy (non-hydrogen) atoms. The molecule has 0 bridgehead atoms. The summed E-state index contributed by atoms with van der Waals surface area (Å²) in [7, 11) is 1.77. The summed E-state index contributed by atoms with van der Waals surface area (Å²) >= 11 is 0. The van der Waals surface area contributed by atoms with Crippen molar-refractivity contribution in [1.82, 2.24) is 0 Å². The standard InChI is InChI=1S/C19H28O/c1-4-5-6-7-15(2)16-8-10-17(11-9-16)18-12-13-19(14-18)20-3/h8-11,14-15,18H,4-7,12-13H2,1-3H3. The number of benzene rings is 1. The monoisotopic (exact) mass is 272 g/mol. The van der Waals surface area contributed by atoms with E-state index in [1.165, 1.54) is 43.2 Å². The van der Waals surface area contributed by atoms with Gasteiger partial charge in [0.15, 0.2) is 0 Å². The number of unbranched alkanes of at least 4 members (excludes halogenated alkanes) is 2. The summed E-state index contributed by atoms with van der Waals surface area (Å²) in [6.07, 6.45) is 9.87. The van der Waals surface area contributed by atoms with Gasteiger partial charge in [0.2, 0.25) is 0 Å². The van der Waals surface area contributed by atoms with Crippen LogP contribution in [0.25, 0.3) is 0 Å². The van der Waals surface area contributed by atoms with E-state index in [1.54, 1.807) is 7.11 Å². The Hall–Kier alpha value is -1.24. The summed E-state index contributed by atoms with van der Waals surface area (Å²) in [4.78, 5) is 0. The molecule has 2 unspecified atom stereocenters. The van der Waals surface area contributed by atoms with Crippen LogP contribution >= 0.6 is 0 Å². The highest BCUT2D eigenvalue weighted by Gasteiger charge is 2.18. The van der Waals surface area contributed by atoms with Crippen LogP contribution in [0.4, 0.5) is 0 Å². The fourth-order valence-electron chi connectivity index (χ4n) is 3.06. The lowest BCUT2D eigenvalue weighted by Gasteiger charge is -2.14. The molecule has 1 nitrogen and oxygen atoms in total. The van der Waals surface area contributed by atoms with Gasteiger partial charge in [-0.25, -0.2) is 0 Å². The number of rotatable bonds is 7. The van der Waals surface area contributed by atoms with Crippen LogP contribution < -0.4 is 0 Å². The average Bonchev–Trinajstić information content (AvgIpc) is 2.96. The van der Waals surface area contributed by atoms with Gasteiger partial charge in [0, 0.05) is 12.3 Å². The summed E-state index contributed by atoms with van der Waals surface area (Å²) in [6, 6.07) is 9.27. The van der Waals surface area contributed by atoms with Gasteiger partial charge in [0.1, 0.15) is 0 Å². The third-order valence-electron chi connectivity index (χ3n) is 4.53. The lowest BCUT2D eigenvalue weighted by molar-refractivity contribution is 0.282. The summed E-state index contributed by atoms with van der Waals surface area (Å²) in [5.74, 6) is 2.38. The molecular weight excluding hydrogens is 244 g/mol. The molecule has 2 rings (SSSR count). The molecule has 0 amide bonds. The first kappa shape index (κ1) is 15.2. The Balaban J connectivity index is 1.94. The Labute approximate surface area is 124 Å². The van der Waals surface area contributed by atoms with E-state index in [1.807, 2.05) is 0 Å². The maximum atomic E-state index is 5.34.